The van der Waals surface area contributed by atoms with Crippen LogP contribution < -0.4 is 19.9 Å². The van der Waals surface area contributed by atoms with E-state index < -0.39 is 0 Å². The first-order valence-corrected chi connectivity index (χ1v) is 10.8. The highest BCUT2D eigenvalue weighted by molar-refractivity contribution is 7.21. The number of carbonyl (C=O) groups excluding carboxylic acids is 1. The van der Waals surface area contributed by atoms with Gasteiger partial charge in [0.1, 0.15) is 9.71 Å². The molecule has 0 amide bonds. The number of hydrogen-bond acceptors (Lipinski definition) is 8. The summed E-state index contributed by atoms with van der Waals surface area (Å²) in [7, 11) is 4.55. The van der Waals surface area contributed by atoms with Gasteiger partial charge in [0, 0.05) is 27.1 Å². The van der Waals surface area contributed by atoms with Crippen LogP contribution in [0.4, 0.5) is 5.69 Å². The van der Waals surface area contributed by atoms with Crippen molar-refractivity contribution in [3.63, 3.8) is 0 Å². The van der Waals surface area contributed by atoms with E-state index >= 15 is 0 Å². The van der Waals surface area contributed by atoms with Gasteiger partial charge in [0.25, 0.3) is 0 Å². The van der Waals surface area contributed by atoms with Gasteiger partial charge in [-0.2, -0.15) is 0 Å². The summed E-state index contributed by atoms with van der Waals surface area (Å²) in [6.07, 6.45) is 0. The van der Waals surface area contributed by atoms with Gasteiger partial charge in [-0.25, -0.2) is 4.98 Å². The highest BCUT2D eigenvalue weighted by Crippen LogP contribution is 2.43. The molecule has 0 saturated heterocycles. The topological polar surface area (TPSA) is 83.7 Å². The number of fused-ring (bicyclic) bond motifs is 1. The molecule has 154 valence electrons. The number of hydrogen-bond donors (Lipinski definition) is 1. The van der Waals surface area contributed by atoms with Crippen molar-refractivity contribution < 1.29 is 19.0 Å². The summed E-state index contributed by atoms with van der Waals surface area (Å²) in [5, 5.41) is 2.82. The zero-order valence-electron chi connectivity index (χ0n) is 16.9. The number of carbonyl (C=O) groups is 1. The molecule has 0 unspecified atom stereocenters. The van der Waals surface area contributed by atoms with Gasteiger partial charge in [-0.05, 0) is 36.6 Å². The molecule has 4 rings (SSSR count). The van der Waals surface area contributed by atoms with Crippen LogP contribution in [0.1, 0.15) is 20.9 Å². The number of ether oxygens (including phenoxy) is 3. The van der Waals surface area contributed by atoms with Gasteiger partial charge >= 0.3 is 0 Å². The molecule has 8 heteroatoms. The van der Waals surface area contributed by atoms with Crippen molar-refractivity contribution in [1.29, 1.82) is 0 Å². The summed E-state index contributed by atoms with van der Waals surface area (Å²) in [5.74, 6) is 1.03. The van der Waals surface area contributed by atoms with E-state index in [-0.39, 0.29) is 5.78 Å². The van der Waals surface area contributed by atoms with Crippen LogP contribution in [0.2, 0.25) is 0 Å². The van der Waals surface area contributed by atoms with E-state index in [9.17, 15) is 4.79 Å². The van der Waals surface area contributed by atoms with E-state index in [2.05, 4.69) is 4.98 Å². The number of aryl methyl sites for hydroxylation is 1. The quantitative estimate of drug-likeness (QED) is 0.416. The van der Waals surface area contributed by atoms with Crippen LogP contribution in [0, 0.1) is 6.92 Å². The summed E-state index contributed by atoms with van der Waals surface area (Å²) in [4.78, 5) is 20.3. The summed E-state index contributed by atoms with van der Waals surface area (Å²) < 4.78 is 16.1. The minimum atomic E-state index is -0.218. The van der Waals surface area contributed by atoms with Crippen molar-refractivity contribution in [2.45, 2.75) is 6.92 Å². The smallest absolute Gasteiger partial charge is 0.205 e. The van der Waals surface area contributed by atoms with Crippen LogP contribution >= 0.6 is 22.7 Å². The van der Waals surface area contributed by atoms with Crippen LogP contribution in [0.5, 0.6) is 17.2 Å². The number of ketones is 1. The van der Waals surface area contributed by atoms with Crippen molar-refractivity contribution >= 4 is 44.4 Å². The minimum Gasteiger partial charge on any atom is -0.493 e. The fraction of sp³-hybridized carbons (Fsp3) is 0.182. The van der Waals surface area contributed by atoms with E-state index in [0.29, 0.717) is 33.4 Å². The average molecular weight is 441 g/mol. The maximum Gasteiger partial charge on any atom is 0.205 e. The first kappa shape index (κ1) is 20.2. The number of rotatable bonds is 6. The summed E-state index contributed by atoms with van der Waals surface area (Å²) in [6.45, 7) is 1.94. The lowest BCUT2D eigenvalue weighted by Crippen LogP contribution is -2.04. The Morgan fingerprint density at radius 1 is 1.07 bits per heavy atom. The van der Waals surface area contributed by atoms with Gasteiger partial charge in [0.05, 0.1) is 27.0 Å². The molecular formula is C22H20N2O4S2. The van der Waals surface area contributed by atoms with Crippen molar-refractivity contribution in [2.75, 3.05) is 27.1 Å². The van der Waals surface area contributed by atoms with Crippen LogP contribution in [-0.2, 0) is 0 Å². The molecule has 0 aliphatic rings. The van der Waals surface area contributed by atoms with E-state index in [1.54, 1.807) is 23.5 Å². The number of methoxy groups -OCH3 is 3. The molecular weight excluding hydrogens is 420 g/mol. The Bertz CT molecular complexity index is 1220. The fourth-order valence-electron chi connectivity index (χ4n) is 3.38. The second-order valence-electron chi connectivity index (χ2n) is 6.56. The molecule has 4 aromatic rings. The SMILES string of the molecule is COc1cc(C(=O)c2sc3nc(C)cc(-c4cccs4)c3c2N)cc(OC)c1OC. The first-order valence-electron chi connectivity index (χ1n) is 9.06. The highest BCUT2D eigenvalue weighted by Gasteiger charge is 2.24. The van der Waals surface area contributed by atoms with E-state index in [4.69, 9.17) is 19.9 Å². The van der Waals surface area contributed by atoms with E-state index in [1.807, 2.05) is 30.5 Å². The Kier molecular flexibility index (Phi) is 5.36. The minimum absolute atomic E-state index is 0.218. The Morgan fingerprint density at radius 2 is 1.77 bits per heavy atom. The molecule has 0 aliphatic heterocycles. The normalized spacial score (nSPS) is 10.9. The van der Waals surface area contributed by atoms with Crippen molar-refractivity contribution in [3.05, 3.63) is 51.8 Å². The Hall–Kier alpha value is -3.10. The van der Waals surface area contributed by atoms with E-state index in [0.717, 1.165) is 26.4 Å². The standard InChI is InChI=1S/C22H20N2O4S2/c1-11-8-13(16-6-5-7-29-16)17-18(23)21(30-22(17)24-11)19(25)12-9-14(26-2)20(28-4)15(10-12)27-3/h5-10H,23H2,1-4H3. The predicted octanol–water partition coefficient (Wildman–Crippen LogP) is 5.17. The molecule has 0 bridgehead atoms. The van der Waals surface area contributed by atoms with Crippen molar-refractivity contribution in [1.82, 2.24) is 4.98 Å². The van der Waals surface area contributed by atoms with Gasteiger partial charge in [-0.15, -0.1) is 22.7 Å². The average Bonchev–Trinajstić information content (AvgIpc) is 3.40. The number of thiophene rings is 2. The number of nitrogens with zero attached hydrogens (tertiary/aromatic N) is 1. The second kappa shape index (κ2) is 7.97. The van der Waals surface area contributed by atoms with Crippen LogP contribution in [-0.4, -0.2) is 32.1 Å². The maximum absolute atomic E-state index is 13.4. The third kappa shape index (κ3) is 3.28. The molecule has 1 aromatic carbocycles. The third-order valence-corrected chi connectivity index (χ3v) is 6.75. The molecule has 0 radical (unpaired) electrons. The summed E-state index contributed by atoms with van der Waals surface area (Å²) in [6, 6.07) is 9.30. The van der Waals surface area contributed by atoms with Gasteiger partial charge < -0.3 is 19.9 Å². The number of nitrogens with two attached hydrogens (primary N) is 1. The van der Waals surface area contributed by atoms with Gasteiger partial charge in [0.2, 0.25) is 11.5 Å². The number of pyridine rings is 1. The molecule has 0 aliphatic carbocycles. The van der Waals surface area contributed by atoms with Crippen LogP contribution in [0.25, 0.3) is 20.7 Å². The predicted molar refractivity (Wildman–Crippen MR) is 122 cm³/mol. The number of anilines is 1. The summed E-state index contributed by atoms with van der Waals surface area (Å²) >= 11 is 2.92. The molecule has 3 aromatic heterocycles. The zero-order valence-corrected chi connectivity index (χ0v) is 18.6. The van der Waals surface area contributed by atoms with Crippen molar-refractivity contribution in [3.8, 4) is 27.7 Å². The molecule has 3 heterocycles. The molecule has 30 heavy (non-hydrogen) atoms. The molecule has 0 fully saturated rings. The molecule has 2 N–H and O–H groups in total. The second-order valence-corrected chi connectivity index (χ2v) is 8.50. The Labute approximate surface area is 181 Å². The lowest BCUT2D eigenvalue weighted by Gasteiger charge is -2.13. The number of benzene rings is 1. The highest BCUT2D eigenvalue weighted by atomic mass is 32.1. The summed E-state index contributed by atoms with van der Waals surface area (Å²) in [5.41, 5.74) is 9.20. The fourth-order valence-corrected chi connectivity index (χ4v) is 5.26. The third-order valence-electron chi connectivity index (χ3n) is 4.75. The molecule has 0 spiro atoms. The number of aromatic nitrogens is 1. The zero-order chi connectivity index (χ0) is 21.4. The molecule has 6 nitrogen and oxygen atoms in total. The number of nitrogen functional groups attached to an aromatic ring is 1. The van der Waals surface area contributed by atoms with Crippen molar-refractivity contribution in [2.24, 2.45) is 0 Å². The Morgan fingerprint density at radius 3 is 2.33 bits per heavy atom. The lowest BCUT2D eigenvalue weighted by atomic mass is 10.0. The van der Waals surface area contributed by atoms with Gasteiger partial charge in [-0.3, -0.25) is 4.79 Å². The lowest BCUT2D eigenvalue weighted by molar-refractivity contribution is 0.104. The maximum atomic E-state index is 13.4. The van der Waals surface area contributed by atoms with Crippen LogP contribution in [0.3, 0.4) is 0 Å². The first-order chi connectivity index (χ1) is 14.5. The Balaban J connectivity index is 1.90. The van der Waals surface area contributed by atoms with Gasteiger partial charge in [-0.1, -0.05) is 6.07 Å². The molecule has 0 atom stereocenters. The molecule has 0 saturated carbocycles. The monoisotopic (exact) mass is 440 g/mol. The van der Waals surface area contributed by atoms with E-state index in [1.165, 1.54) is 32.7 Å². The van der Waals surface area contributed by atoms with Crippen LogP contribution in [0.15, 0.2) is 35.7 Å². The van der Waals surface area contributed by atoms with Gasteiger partial charge in [0.15, 0.2) is 11.5 Å². The largest absolute Gasteiger partial charge is 0.493 e.